The molecule has 0 saturated heterocycles. The number of Topliss-reactive ketones (excluding diaryl/α,β-unsaturated/α-hetero) is 2. The Morgan fingerprint density at radius 3 is 2.46 bits per heavy atom. The predicted octanol–water partition coefficient (Wildman–Crippen LogP) is 4.69. The number of carbonyl (C=O) groups is 2. The zero-order chi connectivity index (χ0) is 18.4. The van der Waals surface area contributed by atoms with Crippen LogP contribution in [0.1, 0.15) is 16.8 Å². The maximum atomic E-state index is 12.6. The van der Waals surface area contributed by atoms with E-state index >= 15 is 0 Å². The van der Waals surface area contributed by atoms with Crippen LogP contribution < -0.4 is 5.43 Å². The number of allylic oxidation sites excluding steroid dienone is 4. The lowest BCUT2D eigenvalue weighted by atomic mass is 9.90. The van der Waals surface area contributed by atoms with E-state index in [2.05, 4.69) is 10.5 Å². The van der Waals surface area contributed by atoms with Crippen molar-refractivity contribution < 1.29 is 9.59 Å². The molecule has 1 N–H and O–H groups in total. The summed E-state index contributed by atoms with van der Waals surface area (Å²) >= 11 is 5.86. The summed E-state index contributed by atoms with van der Waals surface area (Å²) in [5, 5.41) is 4.95. The monoisotopic (exact) mass is 364 g/mol. The third-order valence-electron chi connectivity index (χ3n) is 3.94. The average molecular weight is 365 g/mol. The summed E-state index contributed by atoms with van der Waals surface area (Å²) in [6.07, 6.45) is 6.95. The van der Waals surface area contributed by atoms with E-state index in [1.807, 2.05) is 12.1 Å². The van der Waals surface area contributed by atoms with Crippen LogP contribution in [0.3, 0.4) is 0 Å². The van der Waals surface area contributed by atoms with E-state index in [1.54, 1.807) is 66.8 Å². The molecule has 26 heavy (non-hydrogen) atoms. The van der Waals surface area contributed by atoms with Crippen molar-refractivity contribution in [2.24, 2.45) is 11.0 Å². The fourth-order valence-corrected chi connectivity index (χ4v) is 2.68. The Morgan fingerprint density at radius 2 is 1.73 bits per heavy atom. The van der Waals surface area contributed by atoms with Crippen LogP contribution in [0, 0.1) is 5.92 Å². The Bertz CT molecular complexity index is 884. The molecule has 0 amide bonds. The highest BCUT2D eigenvalue weighted by molar-refractivity contribution is 6.30. The minimum atomic E-state index is -0.549. The van der Waals surface area contributed by atoms with Crippen LogP contribution in [0.15, 0.2) is 84.0 Å². The van der Waals surface area contributed by atoms with Crippen LogP contribution >= 0.6 is 11.6 Å². The molecule has 1 aliphatic carbocycles. The van der Waals surface area contributed by atoms with Crippen molar-refractivity contribution >= 4 is 34.6 Å². The number of benzene rings is 2. The van der Waals surface area contributed by atoms with Gasteiger partial charge < -0.3 is 0 Å². The maximum absolute atomic E-state index is 12.6. The fraction of sp³-hybridized carbons (Fsp3) is 0.0952. The van der Waals surface area contributed by atoms with Gasteiger partial charge in [-0.15, -0.1) is 0 Å². The molecular weight excluding hydrogens is 348 g/mol. The average Bonchev–Trinajstić information content (AvgIpc) is 2.68. The Hall–Kier alpha value is -2.98. The van der Waals surface area contributed by atoms with Gasteiger partial charge in [-0.1, -0.05) is 60.2 Å². The van der Waals surface area contributed by atoms with Gasteiger partial charge >= 0.3 is 0 Å². The molecule has 1 atom stereocenters. The Balaban J connectivity index is 1.70. The smallest absolute Gasteiger partial charge is 0.170 e. The van der Waals surface area contributed by atoms with Gasteiger partial charge in [-0.3, -0.25) is 15.0 Å². The molecule has 0 heterocycles. The van der Waals surface area contributed by atoms with Crippen LogP contribution in [0.5, 0.6) is 0 Å². The lowest BCUT2D eigenvalue weighted by Gasteiger charge is -2.15. The number of hydrazone groups is 1. The van der Waals surface area contributed by atoms with Gasteiger partial charge in [0.05, 0.1) is 23.7 Å². The Labute approximate surface area is 156 Å². The van der Waals surface area contributed by atoms with Crippen molar-refractivity contribution in [3.8, 4) is 0 Å². The molecule has 0 bridgehead atoms. The summed E-state index contributed by atoms with van der Waals surface area (Å²) in [6.45, 7) is 0. The van der Waals surface area contributed by atoms with Gasteiger partial charge in [0.15, 0.2) is 11.6 Å². The normalized spacial score (nSPS) is 17.3. The van der Waals surface area contributed by atoms with E-state index in [9.17, 15) is 9.59 Å². The number of hydrogen-bond donors (Lipinski definition) is 1. The van der Waals surface area contributed by atoms with Crippen LogP contribution in [0.2, 0.25) is 5.02 Å². The number of nitrogens with one attached hydrogen (secondary N) is 1. The molecule has 0 saturated carbocycles. The second-order valence-corrected chi connectivity index (χ2v) is 6.25. The molecule has 1 unspecified atom stereocenters. The number of ketones is 2. The molecule has 3 rings (SSSR count). The Kier molecular flexibility index (Phi) is 5.77. The minimum absolute atomic E-state index is 0.160. The standard InChI is InChI=1S/C21H17ClN2O2/c22-16-10-12-17(13-11-16)23-24-19-9-5-4-8-18(19)21(26)14-20(25)15-6-2-1-3-7-15/h1-13,18,23H,14H2. The SMILES string of the molecule is O=C(CC(=O)C1C=CC=CC1=NNc1ccc(Cl)cc1)c1ccccc1. The second kappa shape index (κ2) is 8.41. The second-order valence-electron chi connectivity index (χ2n) is 5.81. The molecular formula is C21H17ClN2O2. The zero-order valence-electron chi connectivity index (χ0n) is 13.9. The summed E-state index contributed by atoms with van der Waals surface area (Å²) in [5.74, 6) is -0.924. The lowest BCUT2D eigenvalue weighted by Crippen LogP contribution is -2.25. The van der Waals surface area contributed by atoms with Crippen LogP contribution in [0.25, 0.3) is 0 Å². The van der Waals surface area contributed by atoms with Crippen molar-refractivity contribution in [1.82, 2.24) is 0 Å². The summed E-state index contributed by atoms with van der Waals surface area (Å²) < 4.78 is 0. The van der Waals surface area contributed by atoms with Gasteiger partial charge in [0.2, 0.25) is 0 Å². The third-order valence-corrected chi connectivity index (χ3v) is 4.19. The Morgan fingerprint density at radius 1 is 1.00 bits per heavy atom. The summed E-state index contributed by atoms with van der Waals surface area (Å²) in [4.78, 5) is 24.9. The van der Waals surface area contributed by atoms with Crippen LogP contribution in [-0.2, 0) is 4.79 Å². The molecule has 0 aliphatic heterocycles. The first-order chi connectivity index (χ1) is 12.6. The fourth-order valence-electron chi connectivity index (χ4n) is 2.56. The van der Waals surface area contributed by atoms with Crippen molar-refractivity contribution in [3.63, 3.8) is 0 Å². The molecule has 130 valence electrons. The molecule has 2 aromatic carbocycles. The van der Waals surface area contributed by atoms with Crippen molar-refractivity contribution in [3.05, 3.63) is 89.5 Å². The summed E-state index contributed by atoms with van der Waals surface area (Å²) in [5.41, 5.74) is 4.78. The summed E-state index contributed by atoms with van der Waals surface area (Å²) in [7, 11) is 0. The zero-order valence-corrected chi connectivity index (χ0v) is 14.7. The third kappa shape index (κ3) is 4.55. The number of halogens is 1. The molecule has 1 aliphatic rings. The van der Waals surface area contributed by atoms with Crippen molar-refractivity contribution in [2.75, 3.05) is 5.43 Å². The molecule has 0 fully saturated rings. The van der Waals surface area contributed by atoms with Gasteiger partial charge in [0.1, 0.15) is 0 Å². The first-order valence-corrected chi connectivity index (χ1v) is 8.56. The van der Waals surface area contributed by atoms with Crippen molar-refractivity contribution in [2.45, 2.75) is 6.42 Å². The molecule has 5 heteroatoms. The van der Waals surface area contributed by atoms with Crippen LogP contribution in [-0.4, -0.2) is 17.3 Å². The van der Waals surface area contributed by atoms with Gasteiger partial charge in [-0.25, -0.2) is 0 Å². The van der Waals surface area contributed by atoms with Crippen LogP contribution in [0.4, 0.5) is 5.69 Å². The highest BCUT2D eigenvalue weighted by Crippen LogP contribution is 2.17. The van der Waals surface area contributed by atoms with Gasteiger partial charge in [0.25, 0.3) is 0 Å². The maximum Gasteiger partial charge on any atom is 0.170 e. The minimum Gasteiger partial charge on any atom is -0.298 e. The van der Waals surface area contributed by atoms with E-state index in [4.69, 9.17) is 11.6 Å². The van der Waals surface area contributed by atoms with Gasteiger partial charge in [-0.2, -0.15) is 5.10 Å². The molecule has 0 radical (unpaired) electrons. The largest absolute Gasteiger partial charge is 0.298 e. The quantitative estimate of drug-likeness (QED) is 0.459. The first-order valence-electron chi connectivity index (χ1n) is 8.18. The van der Waals surface area contributed by atoms with E-state index in [1.165, 1.54) is 0 Å². The topological polar surface area (TPSA) is 58.5 Å². The van der Waals surface area contributed by atoms with E-state index in [0.717, 1.165) is 5.69 Å². The number of nitrogens with zero attached hydrogens (tertiary/aromatic N) is 1. The first kappa shape index (κ1) is 17.8. The van der Waals surface area contributed by atoms with Gasteiger partial charge in [-0.05, 0) is 30.3 Å². The number of anilines is 1. The molecule has 0 spiro atoms. The molecule has 2 aromatic rings. The van der Waals surface area contributed by atoms with E-state index in [0.29, 0.717) is 16.3 Å². The lowest BCUT2D eigenvalue weighted by molar-refractivity contribution is -0.119. The predicted molar refractivity (Wildman–Crippen MR) is 105 cm³/mol. The number of hydrogen-bond acceptors (Lipinski definition) is 4. The van der Waals surface area contributed by atoms with E-state index < -0.39 is 5.92 Å². The molecule has 4 nitrogen and oxygen atoms in total. The number of rotatable bonds is 6. The summed E-state index contributed by atoms with van der Waals surface area (Å²) in [6, 6.07) is 15.9. The highest BCUT2D eigenvalue weighted by atomic mass is 35.5. The number of carbonyl (C=O) groups excluding carboxylic acids is 2. The van der Waals surface area contributed by atoms with Crippen molar-refractivity contribution in [1.29, 1.82) is 0 Å². The molecule has 0 aromatic heterocycles. The van der Waals surface area contributed by atoms with E-state index in [-0.39, 0.29) is 18.0 Å². The van der Waals surface area contributed by atoms with Gasteiger partial charge in [0, 0.05) is 10.6 Å². The highest BCUT2D eigenvalue weighted by Gasteiger charge is 2.24.